The van der Waals surface area contributed by atoms with Crippen molar-refractivity contribution in [3.05, 3.63) is 47.1 Å². The van der Waals surface area contributed by atoms with Crippen molar-refractivity contribution in [1.29, 1.82) is 0 Å². The van der Waals surface area contributed by atoms with Gasteiger partial charge in [0.15, 0.2) is 0 Å². The van der Waals surface area contributed by atoms with Crippen LogP contribution in [-0.2, 0) is 24.2 Å². The third-order valence-corrected chi connectivity index (χ3v) is 8.33. The van der Waals surface area contributed by atoms with Crippen LogP contribution in [-0.4, -0.2) is 28.0 Å². The molecule has 160 valence electrons. The molecule has 29 heavy (non-hydrogen) atoms. The van der Waals surface area contributed by atoms with E-state index < -0.39 is 0 Å². The standard InChI is InChI=1S/C23H34N2O2S.W/c1-5-18(3)22(19(4)6-2)15-24-20-9-11-21(12-10-20)28-17-23(16-27-25-26)13-7-8-14-23;/h5,9-12,24-26H,7-8,13-17H2,1-4H3;/b18-5?,22-19-;. The Bertz CT molecular complexity index is 738. The van der Waals surface area contributed by atoms with Crippen LogP contribution in [0, 0.1) is 5.41 Å². The van der Waals surface area contributed by atoms with Crippen LogP contribution in [0.5, 0.6) is 0 Å². The zero-order valence-corrected chi connectivity index (χ0v) is 21.8. The molecule has 1 aliphatic rings. The van der Waals surface area contributed by atoms with Gasteiger partial charge in [-0.25, -0.2) is 0 Å². The summed E-state index contributed by atoms with van der Waals surface area (Å²) < 4.78 is 1.44. The van der Waals surface area contributed by atoms with Gasteiger partial charge in [0.25, 0.3) is 0 Å². The molecule has 1 aromatic rings. The van der Waals surface area contributed by atoms with E-state index in [4.69, 9.17) is 10.0 Å². The number of hydrogen-bond donors (Lipinski definition) is 3. The zero-order valence-electron chi connectivity index (χ0n) is 18.0. The van der Waals surface area contributed by atoms with Gasteiger partial charge in [0.05, 0.1) is 6.61 Å². The van der Waals surface area contributed by atoms with Gasteiger partial charge in [-0.2, -0.15) is 0 Å². The maximum absolute atomic E-state index is 8.77. The van der Waals surface area contributed by atoms with Crippen molar-refractivity contribution in [2.45, 2.75) is 58.3 Å². The van der Waals surface area contributed by atoms with Gasteiger partial charge in [-0.3, -0.25) is 10.0 Å². The first kappa shape index (κ1) is 24.6. The number of rotatable bonds is 11. The molecule has 0 bridgehead atoms. The van der Waals surface area contributed by atoms with E-state index in [1.165, 1.54) is 57.7 Å². The molecule has 0 heterocycles. The molecule has 1 aromatic carbocycles. The van der Waals surface area contributed by atoms with Crippen molar-refractivity contribution in [2.24, 2.45) is 5.41 Å². The first-order valence-corrected chi connectivity index (χ1v) is 12.7. The second-order valence-corrected chi connectivity index (χ2v) is 11.1. The molecule has 2 rings (SSSR count). The molecule has 1 aliphatic carbocycles. The average molecular weight is 586 g/mol. The summed E-state index contributed by atoms with van der Waals surface area (Å²) in [6.07, 6.45) is 7.00. The summed E-state index contributed by atoms with van der Waals surface area (Å²) in [6.45, 7) is 10.1. The van der Waals surface area contributed by atoms with E-state index in [2.05, 4.69) is 63.4 Å². The Balaban J connectivity index is 1.96. The number of hydrogen-bond acceptors (Lipinski definition) is 5. The SMILES string of the molecule is CC=C(C)/C(CNc1ccc(SCC2(CONO)CCCC2)cc1)=C(/C)[C](C)=[W]. The minimum atomic E-state index is 0.162. The Morgan fingerprint density at radius 2 is 1.86 bits per heavy atom. The van der Waals surface area contributed by atoms with Crippen LogP contribution in [0.2, 0.25) is 0 Å². The fourth-order valence-electron chi connectivity index (χ4n) is 3.69. The molecule has 0 amide bonds. The molecule has 0 aromatic heterocycles. The second-order valence-electron chi connectivity index (χ2n) is 7.89. The summed E-state index contributed by atoms with van der Waals surface area (Å²) >= 11 is 3.41. The summed E-state index contributed by atoms with van der Waals surface area (Å²) in [7, 11) is 0. The van der Waals surface area contributed by atoms with Gasteiger partial charge in [-0.15, -0.1) is 0 Å². The molecule has 0 spiro atoms. The van der Waals surface area contributed by atoms with Crippen LogP contribution in [0.1, 0.15) is 53.4 Å². The minimum absolute atomic E-state index is 0.162. The Morgan fingerprint density at radius 1 is 1.21 bits per heavy atom. The molecule has 6 heteroatoms. The van der Waals surface area contributed by atoms with E-state index in [0.29, 0.717) is 6.61 Å². The monoisotopic (exact) mass is 586 g/mol. The van der Waals surface area contributed by atoms with Crippen LogP contribution < -0.4 is 11.0 Å². The molecule has 4 nitrogen and oxygen atoms in total. The second kappa shape index (κ2) is 12.2. The Hall–Kier alpha value is -0.712. The van der Waals surface area contributed by atoms with Gasteiger partial charge in [0, 0.05) is 0 Å². The third-order valence-electron chi connectivity index (χ3n) is 5.87. The summed E-state index contributed by atoms with van der Waals surface area (Å²) in [5.74, 6) is 1.02. The molecule has 0 radical (unpaired) electrons. The van der Waals surface area contributed by atoms with Crippen molar-refractivity contribution in [1.82, 2.24) is 5.64 Å². The fraction of sp³-hybridized carbons (Fsp3) is 0.522. The van der Waals surface area contributed by atoms with Gasteiger partial charge >= 0.3 is 143 Å². The van der Waals surface area contributed by atoms with Crippen molar-refractivity contribution < 1.29 is 29.4 Å². The molecule has 3 N–H and O–H groups in total. The zero-order chi connectivity index (χ0) is 21.3. The third kappa shape index (κ3) is 7.48. The van der Waals surface area contributed by atoms with E-state index in [9.17, 15) is 0 Å². The topological polar surface area (TPSA) is 53.5 Å². The molecule has 0 saturated heterocycles. The van der Waals surface area contributed by atoms with Gasteiger partial charge in [-0.05, 0) is 12.8 Å². The van der Waals surface area contributed by atoms with Crippen molar-refractivity contribution in [3.8, 4) is 0 Å². The molecule has 1 fully saturated rings. The van der Waals surface area contributed by atoms with Gasteiger partial charge in [0.1, 0.15) is 0 Å². The number of nitrogens with one attached hydrogen (secondary N) is 2. The Morgan fingerprint density at radius 3 is 2.41 bits per heavy atom. The predicted molar refractivity (Wildman–Crippen MR) is 120 cm³/mol. The molecular weight excluding hydrogens is 552 g/mol. The Kier molecular flexibility index (Phi) is 10.3. The van der Waals surface area contributed by atoms with Gasteiger partial charge < -0.3 is 0 Å². The summed E-state index contributed by atoms with van der Waals surface area (Å²) in [4.78, 5) is 6.40. The van der Waals surface area contributed by atoms with Crippen LogP contribution in [0.4, 0.5) is 5.69 Å². The summed E-state index contributed by atoms with van der Waals surface area (Å²) in [5.41, 5.74) is 7.28. The number of allylic oxidation sites excluding steroid dienone is 2. The van der Waals surface area contributed by atoms with Crippen molar-refractivity contribution >= 4 is 21.3 Å². The van der Waals surface area contributed by atoms with Gasteiger partial charge in [0.2, 0.25) is 0 Å². The molecule has 0 unspecified atom stereocenters. The van der Waals surface area contributed by atoms with E-state index in [0.717, 1.165) is 30.8 Å². The van der Waals surface area contributed by atoms with E-state index in [1.807, 2.05) is 17.4 Å². The number of anilines is 1. The number of benzene rings is 1. The molecule has 1 saturated carbocycles. The fourth-order valence-corrected chi connectivity index (χ4v) is 5.31. The van der Waals surface area contributed by atoms with Crippen molar-refractivity contribution in [3.63, 3.8) is 0 Å². The quantitative estimate of drug-likeness (QED) is 0.177. The van der Waals surface area contributed by atoms with Crippen LogP contribution in [0.15, 0.2) is 52.0 Å². The molecule has 0 aliphatic heterocycles. The summed E-state index contributed by atoms with van der Waals surface area (Å²) in [6, 6.07) is 8.73. The van der Waals surface area contributed by atoms with Crippen LogP contribution >= 0.6 is 11.8 Å². The normalized spacial score (nSPS) is 17.2. The maximum atomic E-state index is 8.77. The summed E-state index contributed by atoms with van der Waals surface area (Å²) in [5, 5.41) is 12.4. The van der Waals surface area contributed by atoms with Crippen LogP contribution in [0.25, 0.3) is 0 Å². The van der Waals surface area contributed by atoms with E-state index >= 15 is 0 Å². The first-order valence-electron chi connectivity index (χ1n) is 10.2. The first-order chi connectivity index (χ1) is 13.9. The Labute approximate surface area is 190 Å². The van der Waals surface area contributed by atoms with Crippen LogP contribution in [0.3, 0.4) is 0 Å². The average Bonchev–Trinajstić information content (AvgIpc) is 3.20. The molecular formula is C23H34N2O2SW. The number of thioether (sulfide) groups is 1. The molecule has 0 atom stereocenters. The van der Waals surface area contributed by atoms with Gasteiger partial charge in [-0.1, -0.05) is 18.5 Å². The van der Waals surface area contributed by atoms with Crippen molar-refractivity contribution in [2.75, 3.05) is 24.2 Å². The predicted octanol–water partition coefficient (Wildman–Crippen LogP) is 5.68. The van der Waals surface area contributed by atoms with E-state index in [1.54, 1.807) is 0 Å². The van der Waals surface area contributed by atoms with E-state index in [-0.39, 0.29) is 5.41 Å².